The van der Waals surface area contributed by atoms with E-state index >= 15 is 0 Å². The fourth-order valence-corrected chi connectivity index (χ4v) is 5.93. The van der Waals surface area contributed by atoms with Crippen LogP contribution >= 0.6 is 0 Å². The van der Waals surface area contributed by atoms with Crippen molar-refractivity contribution in [2.75, 3.05) is 24.2 Å². The van der Waals surface area contributed by atoms with Crippen molar-refractivity contribution in [1.82, 2.24) is 16.0 Å². The molecule has 4 N–H and O–H groups in total. The number of nitrogens with one attached hydrogen (secondary N) is 3. The topological polar surface area (TPSA) is 128 Å². The predicted octanol–water partition coefficient (Wildman–Crippen LogP) is 6.10. The third-order valence-electron chi connectivity index (χ3n) is 8.54. The molecular formula is C39H48N4O5S. The van der Waals surface area contributed by atoms with Crippen molar-refractivity contribution < 1.29 is 23.1 Å². The number of sulfonamides is 1. The van der Waals surface area contributed by atoms with Gasteiger partial charge in [0.15, 0.2) is 0 Å². The zero-order valence-corrected chi connectivity index (χ0v) is 30.0. The largest absolute Gasteiger partial charge is 0.508 e. The maximum atomic E-state index is 13.9. The van der Waals surface area contributed by atoms with Crippen LogP contribution in [0.3, 0.4) is 0 Å². The molecule has 0 aliphatic rings. The number of hydrogen-bond acceptors (Lipinski definition) is 6. The number of amides is 2. The zero-order chi connectivity index (χ0) is 35.8. The van der Waals surface area contributed by atoms with E-state index in [0.29, 0.717) is 25.9 Å². The molecule has 4 aromatic rings. The van der Waals surface area contributed by atoms with E-state index in [1.807, 2.05) is 79.7 Å². The number of carbonyl (C=O) groups is 2. The lowest BCUT2D eigenvalue weighted by Crippen LogP contribution is -2.39. The number of rotatable bonds is 14. The summed E-state index contributed by atoms with van der Waals surface area (Å²) in [5, 5.41) is 20.0. The van der Waals surface area contributed by atoms with Crippen LogP contribution in [-0.2, 0) is 28.4 Å². The lowest BCUT2D eigenvalue weighted by atomic mass is 9.86. The van der Waals surface area contributed by atoms with Crippen LogP contribution in [0.15, 0.2) is 97.1 Å². The number of nitrogens with zero attached hydrogens (tertiary/aromatic N) is 1. The summed E-state index contributed by atoms with van der Waals surface area (Å²) in [4.78, 5) is 27.3. The second kappa shape index (κ2) is 16.2. The molecule has 0 aromatic heterocycles. The lowest BCUT2D eigenvalue weighted by Gasteiger charge is -2.22. The highest BCUT2D eigenvalue weighted by molar-refractivity contribution is 7.92. The van der Waals surface area contributed by atoms with E-state index in [9.17, 15) is 23.1 Å². The number of hydrogen-bond donors (Lipinski definition) is 4. The van der Waals surface area contributed by atoms with Gasteiger partial charge in [0.05, 0.1) is 18.0 Å². The summed E-state index contributed by atoms with van der Waals surface area (Å²) in [6.45, 7) is 9.26. The first-order valence-electron chi connectivity index (χ1n) is 16.4. The van der Waals surface area contributed by atoms with E-state index in [1.165, 1.54) is 25.2 Å². The van der Waals surface area contributed by atoms with Crippen LogP contribution in [0, 0.1) is 0 Å². The van der Waals surface area contributed by atoms with Gasteiger partial charge in [0.2, 0.25) is 10.0 Å². The van der Waals surface area contributed by atoms with Gasteiger partial charge in [-0.1, -0.05) is 93.6 Å². The minimum atomic E-state index is -3.68. The van der Waals surface area contributed by atoms with Crippen LogP contribution in [-0.4, -0.2) is 51.2 Å². The smallest absolute Gasteiger partial charge is 0.251 e. The molecule has 9 nitrogen and oxygen atoms in total. The van der Waals surface area contributed by atoms with Crippen molar-refractivity contribution in [3.05, 3.63) is 130 Å². The standard InChI is InChI=1S/C39H48N4O5S/c1-27(29-15-11-8-12-16-29)41-37(45)30-22-31(25-35(24-30)43(5)49(6,47)48)38(46)42-34(21-28-13-9-7-10-14-28)19-20-40-26-32-23-33(39(2,3)4)17-18-36(32)44/h7-18,22-25,27,34,40,44H,19-21,26H2,1-6H3,(H,41,45)(H,42,46)/t27-,34-/m1/s1. The molecule has 49 heavy (non-hydrogen) atoms. The van der Waals surface area contributed by atoms with Gasteiger partial charge in [-0.05, 0) is 72.7 Å². The predicted molar refractivity (Wildman–Crippen MR) is 197 cm³/mol. The second-order valence-electron chi connectivity index (χ2n) is 13.5. The molecule has 0 spiro atoms. The van der Waals surface area contributed by atoms with Gasteiger partial charge < -0.3 is 21.1 Å². The molecule has 0 bridgehead atoms. The van der Waals surface area contributed by atoms with Crippen LogP contribution in [0.2, 0.25) is 0 Å². The maximum absolute atomic E-state index is 13.9. The normalized spacial score (nSPS) is 12.9. The molecule has 2 amide bonds. The summed E-state index contributed by atoms with van der Waals surface area (Å²) in [5.41, 5.74) is 4.36. The van der Waals surface area contributed by atoms with E-state index < -0.39 is 21.8 Å². The summed E-state index contributed by atoms with van der Waals surface area (Å²) >= 11 is 0. The molecule has 4 aromatic carbocycles. The molecule has 0 saturated heterocycles. The number of benzene rings is 4. The molecule has 0 aliphatic heterocycles. The van der Waals surface area contributed by atoms with Crippen LogP contribution in [0.25, 0.3) is 0 Å². The Labute approximate surface area is 290 Å². The first kappa shape index (κ1) is 37.2. The van der Waals surface area contributed by atoms with E-state index in [2.05, 4.69) is 36.7 Å². The molecular weight excluding hydrogens is 637 g/mol. The van der Waals surface area contributed by atoms with Gasteiger partial charge in [0, 0.05) is 36.3 Å². The molecule has 0 fully saturated rings. The molecule has 260 valence electrons. The van der Waals surface area contributed by atoms with Crippen LogP contribution in [0.4, 0.5) is 5.69 Å². The third-order valence-corrected chi connectivity index (χ3v) is 9.75. The van der Waals surface area contributed by atoms with Crippen molar-refractivity contribution in [2.45, 2.75) is 64.6 Å². The number of phenols is 1. The molecule has 10 heteroatoms. The SMILES string of the molecule is C[C@@H](NC(=O)c1cc(C(=O)N[C@H](CCNCc2cc(C(C)(C)C)ccc2O)Cc2ccccc2)cc(N(C)S(C)(=O)=O)c1)c1ccccc1. The maximum Gasteiger partial charge on any atom is 0.251 e. The Balaban J connectivity index is 1.55. The minimum absolute atomic E-state index is 0.0540. The fourth-order valence-electron chi connectivity index (χ4n) is 5.44. The van der Waals surface area contributed by atoms with Gasteiger partial charge in [-0.15, -0.1) is 0 Å². The molecule has 0 aliphatic carbocycles. The van der Waals surface area contributed by atoms with Crippen molar-refractivity contribution in [1.29, 1.82) is 0 Å². The minimum Gasteiger partial charge on any atom is -0.508 e. The number of phenolic OH excluding ortho intramolecular Hbond substituents is 1. The van der Waals surface area contributed by atoms with Crippen molar-refractivity contribution in [3.8, 4) is 5.75 Å². The fraction of sp³-hybridized carbons (Fsp3) is 0.333. The van der Waals surface area contributed by atoms with E-state index in [1.54, 1.807) is 6.07 Å². The Morgan fingerprint density at radius 3 is 2.02 bits per heavy atom. The average Bonchev–Trinajstić information content (AvgIpc) is 3.06. The van der Waals surface area contributed by atoms with E-state index in [-0.39, 0.29) is 40.1 Å². The van der Waals surface area contributed by atoms with Gasteiger partial charge in [-0.2, -0.15) is 0 Å². The Morgan fingerprint density at radius 2 is 1.43 bits per heavy atom. The molecule has 2 atom stereocenters. The van der Waals surface area contributed by atoms with E-state index in [0.717, 1.165) is 32.8 Å². The Hall–Kier alpha value is -4.67. The highest BCUT2D eigenvalue weighted by Gasteiger charge is 2.22. The highest BCUT2D eigenvalue weighted by Crippen LogP contribution is 2.27. The molecule has 4 rings (SSSR count). The first-order chi connectivity index (χ1) is 23.1. The summed E-state index contributed by atoms with van der Waals surface area (Å²) in [7, 11) is -2.29. The monoisotopic (exact) mass is 684 g/mol. The lowest BCUT2D eigenvalue weighted by molar-refractivity contribution is 0.0934. The first-order valence-corrected chi connectivity index (χ1v) is 18.3. The van der Waals surface area contributed by atoms with Gasteiger partial charge in [0.1, 0.15) is 5.75 Å². The Morgan fingerprint density at radius 1 is 0.837 bits per heavy atom. The van der Waals surface area contributed by atoms with Crippen molar-refractivity contribution >= 4 is 27.5 Å². The van der Waals surface area contributed by atoms with Gasteiger partial charge in [-0.25, -0.2) is 8.42 Å². The van der Waals surface area contributed by atoms with Crippen molar-refractivity contribution in [2.24, 2.45) is 0 Å². The summed E-state index contributed by atoms with van der Waals surface area (Å²) in [5.74, 6) is -0.630. The Kier molecular flexibility index (Phi) is 12.2. The number of aromatic hydroxyl groups is 1. The Bertz CT molecular complexity index is 1840. The number of anilines is 1. The number of carbonyl (C=O) groups excluding carboxylic acids is 2. The average molecular weight is 685 g/mol. The summed E-state index contributed by atoms with van der Waals surface area (Å²) < 4.78 is 26.0. The molecule has 0 heterocycles. The second-order valence-corrected chi connectivity index (χ2v) is 15.5. The zero-order valence-electron chi connectivity index (χ0n) is 29.2. The summed E-state index contributed by atoms with van der Waals surface area (Å²) in [6, 6.07) is 28.8. The van der Waals surface area contributed by atoms with Crippen molar-refractivity contribution in [3.63, 3.8) is 0 Å². The van der Waals surface area contributed by atoms with Gasteiger partial charge >= 0.3 is 0 Å². The summed E-state index contributed by atoms with van der Waals surface area (Å²) in [6.07, 6.45) is 2.20. The molecule has 0 radical (unpaired) electrons. The van der Waals surface area contributed by atoms with Crippen LogP contribution in [0.1, 0.15) is 83.1 Å². The highest BCUT2D eigenvalue weighted by atomic mass is 32.2. The molecule has 0 saturated carbocycles. The molecule has 0 unspecified atom stereocenters. The van der Waals surface area contributed by atoms with E-state index in [4.69, 9.17) is 0 Å². The third kappa shape index (κ3) is 10.7. The van der Waals surface area contributed by atoms with Crippen LogP contribution < -0.4 is 20.3 Å². The van der Waals surface area contributed by atoms with Gasteiger partial charge in [0.25, 0.3) is 11.8 Å². The van der Waals surface area contributed by atoms with Crippen LogP contribution in [0.5, 0.6) is 5.75 Å². The van der Waals surface area contributed by atoms with Gasteiger partial charge in [-0.3, -0.25) is 13.9 Å². The quantitative estimate of drug-likeness (QED) is 0.119.